The number of fused-ring (bicyclic) bond motifs is 1. The van der Waals surface area contributed by atoms with Crippen molar-refractivity contribution in [1.29, 1.82) is 0 Å². The van der Waals surface area contributed by atoms with E-state index in [1.165, 1.54) is 5.39 Å². The third-order valence-corrected chi connectivity index (χ3v) is 7.05. The molecule has 5 nitrogen and oxygen atoms in total. The van der Waals surface area contributed by atoms with Gasteiger partial charge in [0.1, 0.15) is 23.0 Å². The Kier molecular flexibility index (Phi) is 6.61. The summed E-state index contributed by atoms with van der Waals surface area (Å²) in [6, 6.07) is 45.8. The Balaban J connectivity index is 1.12. The highest BCUT2D eigenvalue weighted by molar-refractivity contribution is 5.83. The van der Waals surface area contributed by atoms with Crippen molar-refractivity contribution < 1.29 is 18.6 Å². The second-order valence-electron chi connectivity index (χ2n) is 10.1. The summed E-state index contributed by atoms with van der Waals surface area (Å²) < 4.78 is 16.3. The molecule has 200 valence electrons. The first-order chi connectivity index (χ1) is 20.7. The molecule has 5 aromatic carbocycles. The van der Waals surface area contributed by atoms with Gasteiger partial charge in [0.05, 0.1) is 11.8 Å². The maximum Gasteiger partial charge on any atom is 0.495 e. The fourth-order valence-electron chi connectivity index (χ4n) is 4.97. The number of rotatable bonds is 7. The summed E-state index contributed by atoms with van der Waals surface area (Å²) in [4.78, 5) is 4.66. The molecule has 2 heterocycles. The van der Waals surface area contributed by atoms with E-state index in [1.54, 1.807) is 0 Å². The molecule has 0 unspecified atom stereocenters. The maximum absolute atomic E-state index is 6.25. The molecule has 1 aliphatic rings. The first-order valence-corrected chi connectivity index (χ1v) is 13.7. The van der Waals surface area contributed by atoms with Gasteiger partial charge in [0.15, 0.2) is 7.05 Å². The number of hydrogen-bond donors (Lipinski definition) is 0. The van der Waals surface area contributed by atoms with Gasteiger partial charge < -0.3 is 9.47 Å². The molecule has 7 rings (SSSR count). The summed E-state index contributed by atoms with van der Waals surface area (Å²) >= 11 is 0. The highest BCUT2D eigenvalue weighted by Gasteiger charge is 2.17. The van der Waals surface area contributed by atoms with Crippen LogP contribution in [0.4, 0.5) is 5.69 Å². The SMILES string of the molecule is C[N+]1=C=[N+](c2cccc(Oc3cccc(-c4cc(-c5cccc(Oc6ccc7ccccc7c6)c5)ccn4)c3)c2)C=C1. The Bertz CT molecular complexity index is 2050. The van der Waals surface area contributed by atoms with Crippen LogP contribution in [0.25, 0.3) is 33.2 Å². The molecule has 0 saturated heterocycles. The molecule has 42 heavy (non-hydrogen) atoms. The van der Waals surface area contributed by atoms with Gasteiger partial charge in [-0.05, 0) is 76.5 Å². The van der Waals surface area contributed by atoms with Gasteiger partial charge in [0.25, 0.3) is 6.20 Å². The first-order valence-electron chi connectivity index (χ1n) is 13.7. The number of nitrogens with zero attached hydrogens (tertiary/aromatic N) is 3. The van der Waals surface area contributed by atoms with Gasteiger partial charge in [-0.2, -0.15) is 0 Å². The predicted molar refractivity (Wildman–Crippen MR) is 166 cm³/mol. The first kappa shape index (κ1) is 25.2. The van der Waals surface area contributed by atoms with Crippen LogP contribution in [0.15, 0.2) is 146 Å². The molecule has 0 fully saturated rings. The Morgan fingerprint density at radius 3 is 2.00 bits per heavy atom. The second kappa shape index (κ2) is 11.0. The molecule has 0 amide bonds. The molecule has 6 aromatic rings. The molecule has 0 bridgehead atoms. The van der Waals surface area contributed by atoms with E-state index in [0.29, 0.717) is 0 Å². The van der Waals surface area contributed by atoms with E-state index >= 15 is 0 Å². The normalized spacial score (nSPS) is 12.2. The Morgan fingerprint density at radius 1 is 0.548 bits per heavy atom. The fraction of sp³-hybridized carbons (Fsp3) is 0.0270. The number of benzene rings is 5. The minimum absolute atomic E-state index is 0.740. The molecular formula is C37H27N3O2+2. The fourth-order valence-corrected chi connectivity index (χ4v) is 4.97. The Hall–Kier alpha value is -5.77. The van der Waals surface area contributed by atoms with Gasteiger partial charge in [0.2, 0.25) is 11.9 Å². The van der Waals surface area contributed by atoms with Crippen LogP contribution < -0.4 is 9.47 Å². The molecule has 0 radical (unpaired) electrons. The van der Waals surface area contributed by atoms with Crippen molar-refractivity contribution in [3.8, 4) is 45.4 Å². The largest absolute Gasteiger partial charge is 0.495 e. The molecule has 0 aliphatic carbocycles. The highest BCUT2D eigenvalue weighted by Crippen LogP contribution is 2.32. The zero-order valence-electron chi connectivity index (χ0n) is 23.0. The average Bonchev–Trinajstić information content (AvgIpc) is 3.48. The van der Waals surface area contributed by atoms with Crippen molar-refractivity contribution in [1.82, 2.24) is 4.98 Å². The monoisotopic (exact) mass is 545 g/mol. The quantitative estimate of drug-likeness (QED) is 0.188. The number of ether oxygens (including phenoxy) is 2. The second-order valence-corrected chi connectivity index (χ2v) is 10.1. The van der Waals surface area contributed by atoms with E-state index in [4.69, 9.17) is 9.47 Å². The molecule has 0 atom stereocenters. The Labute approximate surface area is 244 Å². The van der Waals surface area contributed by atoms with E-state index in [2.05, 4.69) is 53.5 Å². The summed E-state index contributed by atoms with van der Waals surface area (Å²) in [6.45, 7) is 0. The number of hydrogen-bond acceptors (Lipinski definition) is 3. The van der Waals surface area contributed by atoms with Crippen LogP contribution in [0, 0.1) is 0 Å². The van der Waals surface area contributed by atoms with Gasteiger partial charge in [-0.15, -0.1) is 0 Å². The standard InChI is InChI=1S/C37H27N3O2/c1-39-19-20-40(26-39)32-11-6-14-35(25-32)41-34-13-5-10-31(23-34)37-24-30(17-18-38-37)29-9-4-12-33(22-29)42-36-16-15-27-7-2-3-8-28(27)21-36/h2-25H,1H3/q+2. The summed E-state index contributed by atoms with van der Waals surface area (Å²) in [6.07, 6.45) is 5.75. The summed E-state index contributed by atoms with van der Waals surface area (Å²) in [5, 5.41) is 2.34. The van der Waals surface area contributed by atoms with Gasteiger partial charge in [-0.25, -0.2) is 0 Å². The van der Waals surface area contributed by atoms with Crippen LogP contribution in [0.2, 0.25) is 0 Å². The molecule has 0 spiro atoms. The van der Waals surface area contributed by atoms with Crippen molar-refractivity contribution in [3.05, 3.63) is 146 Å². The topological polar surface area (TPSA) is 37.4 Å². The van der Waals surface area contributed by atoms with Crippen LogP contribution in [0.1, 0.15) is 0 Å². The highest BCUT2D eigenvalue weighted by atomic mass is 16.5. The maximum atomic E-state index is 6.25. The summed E-state index contributed by atoms with van der Waals surface area (Å²) in [5.41, 5.74) is 4.92. The van der Waals surface area contributed by atoms with Crippen molar-refractivity contribution in [3.63, 3.8) is 0 Å². The lowest BCUT2D eigenvalue weighted by Gasteiger charge is -2.10. The number of aromatic nitrogens is 1. The minimum Gasteiger partial charge on any atom is -0.457 e. The summed E-state index contributed by atoms with van der Waals surface area (Å²) in [5.74, 6) is 3.08. The zero-order chi connectivity index (χ0) is 28.3. The third-order valence-electron chi connectivity index (χ3n) is 7.05. The smallest absolute Gasteiger partial charge is 0.457 e. The van der Waals surface area contributed by atoms with E-state index in [1.807, 2.05) is 120 Å². The lowest BCUT2D eigenvalue weighted by atomic mass is 10.0. The minimum atomic E-state index is 0.740. The van der Waals surface area contributed by atoms with E-state index in [0.717, 1.165) is 56.5 Å². The molecule has 0 saturated carbocycles. The predicted octanol–water partition coefficient (Wildman–Crippen LogP) is 9.10. The molecule has 1 aromatic heterocycles. The Morgan fingerprint density at radius 2 is 1.21 bits per heavy atom. The van der Waals surface area contributed by atoms with Gasteiger partial charge in [-0.1, -0.05) is 69.8 Å². The molecule has 5 heteroatoms. The van der Waals surface area contributed by atoms with Crippen LogP contribution >= 0.6 is 0 Å². The van der Waals surface area contributed by atoms with Gasteiger partial charge >= 0.3 is 6.01 Å². The molecule has 0 N–H and O–H groups in total. The van der Waals surface area contributed by atoms with Crippen LogP contribution in [-0.2, 0) is 0 Å². The van der Waals surface area contributed by atoms with E-state index in [-0.39, 0.29) is 0 Å². The van der Waals surface area contributed by atoms with Crippen molar-refractivity contribution >= 4 is 22.5 Å². The molecular weight excluding hydrogens is 518 g/mol. The van der Waals surface area contributed by atoms with Gasteiger partial charge in [-0.3, -0.25) is 4.98 Å². The third kappa shape index (κ3) is 5.46. The zero-order valence-corrected chi connectivity index (χ0v) is 23.0. The van der Waals surface area contributed by atoms with E-state index < -0.39 is 0 Å². The van der Waals surface area contributed by atoms with Crippen molar-refractivity contribution in [2.45, 2.75) is 0 Å². The van der Waals surface area contributed by atoms with E-state index in [9.17, 15) is 0 Å². The van der Waals surface area contributed by atoms with Crippen LogP contribution in [0.5, 0.6) is 23.0 Å². The lowest BCUT2D eigenvalue weighted by molar-refractivity contribution is -0.429. The number of pyridine rings is 1. The summed E-state index contributed by atoms with van der Waals surface area (Å²) in [7, 11) is 1.95. The molecule has 1 aliphatic heterocycles. The van der Waals surface area contributed by atoms with Crippen LogP contribution in [-0.4, -0.2) is 27.2 Å². The van der Waals surface area contributed by atoms with Gasteiger partial charge in [0, 0.05) is 17.8 Å². The van der Waals surface area contributed by atoms with Crippen LogP contribution in [0.3, 0.4) is 0 Å². The van der Waals surface area contributed by atoms with Crippen molar-refractivity contribution in [2.24, 2.45) is 0 Å². The van der Waals surface area contributed by atoms with Crippen molar-refractivity contribution in [2.75, 3.05) is 7.05 Å². The lowest BCUT2D eigenvalue weighted by Crippen LogP contribution is -1.94. The average molecular weight is 546 g/mol.